The zero-order valence-electron chi connectivity index (χ0n) is 21.1. The average Bonchev–Trinajstić information content (AvgIpc) is 2.92. The number of benzene rings is 3. The summed E-state index contributed by atoms with van der Waals surface area (Å²) in [6.07, 6.45) is -5.56. The molecule has 1 heterocycles. The second-order valence-electron chi connectivity index (χ2n) is 8.67. The molecule has 0 fully saturated rings. The number of rotatable bonds is 10. The number of anilines is 2. The molecule has 204 valence electrons. The number of alkyl halides is 3. The smallest absolute Gasteiger partial charge is 0.423 e. The van der Waals surface area contributed by atoms with Crippen molar-refractivity contribution in [2.75, 3.05) is 5.32 Å². The molecule has 4 aromatic rings. The van der Waals surface area contributed by atoms with E-state index in [0.717, 1.165) is 5.56 Å². The maximum absolute atomic E-state index is 13.7. The number of hydrogen-bond donors (Lipinski definition) is 1. The van der Waals surface area contributed by atoms with Crippen LogP contribution in [0.2, 0.25) is 0 Å². The van der Waals surface area contributed by atoms with Gasteiger partial charge in [-0.15, -0.1) is 0 Å². The van der Waals surface area contributed by atoms with Gasteiger partial charge in [0.2, 0.25) is 21.7 Å². The van der Waals surface area contributed by atoms with Crippen molar-refractivity contribution >= 4 is 21.5 Å². The van der Waals surface area contributed by atoms with Gasteiger partial charge in [0.05, 0.1) is 28.2 Å². The predicted octanol–water partition coefficient (Wildman–Crippen LogP) is 6.44. The summed E-state index contributed by atoms with van der Waals surface area (Å²) < 4.78 is 79.1. The van der Waals surface area contributed by atoms with Crippen LogP contribution in [0, 0.1) is 0 Å². The van der Waals surface area contributed by atoms with Crippen LogP contribution in [0.5, 0.6) is 5.88 Å². The third-order valence-corrected chi connectivity index (χ3v) is 7.68. The minimum atomic E-state index is -4.78. The largest absolute Gasteiger partial charge is 0.471 e. The molecule has 0 bridgehead atoms. The van der Waals surface area contributed by atoms with Gasteiger partial charge in [-0.1, -0.05) is 60.7 Å². The number of para-hydroxylation sites is 1. The van der Waals surface area contributed by atoms with Crippen molar-refractivity contribution in [1.29, 1.82) is 0 Å². The van der Waals surface area contributed by atoms with Gasteiger partial charge in [-0.05, 0) is 43.7 Å². The first kappa shape index (κ1) is 28.1. The van der Waals surface area contributed by atoms with Crippen molar-refractivity contribution in [2.45, 2.75) is 48.6 Å². The lowest BCUT2D eigenvalue weighted by atomic mass is 10.2. The fourth-order valence-corrected chi connectivity index (χ4v) is 5.01. The highest BCUT2D eigenvalue weighted by molar-refractivity contribution is 7.91. The average molecular weight is 558 g/mol. The molecule has 0 aliphatic heterocycles. The zero-order valence-corrected chi connectivity index (χ0v) is 21.9. The van der Waals surface area contributed by atoms with E-state index >= 15 is 0 Å². The van der Waals surface area contributed by atoms with Crippen LogP contribution in [0.15, 0.2) is 101 Å². The normalized spacial score (nSPS) is 13.5. The summed E-state index contributed by atoms with van der Waals surface area (Å²) in [4.78, 5) is 7.71. The third-order valence-electron chi connectivity index (χ3n) is 5.85. The highest BCUT2D eigenvalue weighted by Gasteiger charge is 2.37. The Morgan fingerprint density at radius 1 is 0.872 bits per heavy atom. The molecule has 7 nitrogen and oxygen atoms in total. The number of sulfone groups is 1. The van der Waals surface area contributed by atoms with Crippen molar-refractivity contribution < 1.29 is 31.1 Å². The van der Waals surface area contributed by atoms with E-state index in [0.29, 0.717) is 6.20 Å². The molecule has 3 aromatic carbocycles. The van der Waals surface area contributed by atoms with Crippen LogP contribution in [0.1, 0.15) is 25.0 Å². The van der Waals surface area contributed by atoms with Crippen LogP contribution in [-0.4, -0.2) is 30.6 Å². The Hall–Kier alpha value is -3.96. The van der Waals surface area contributed by atoms with E-state index in [2.05, 4.69) is 15.3 Å². The molecule has 0 aliphatic rings. The Morgan fingerprint density at radius 2 is 1.49 bits per heavy atom. The number of halogens is 3. The molecular formula is C28H26F3N3O4S. The van der Waals surface area contributed by atoms with Crippen molar-refractivity contribution in [2.24, 2.45) is 0 Å². The topological polar surface area (TPSA) is 90.4 Å². The third kappa shape index (κ3) is 6.92. The standard InChI is InChI=1S/C28H26F3N3O4S/c1-19(37-18-21-11-5-3-6-12-21)20(2)38-26-23(28(29,30)31)17-32-27(34-26)33-24-15-9-10-16-25(24)39(35,36)22-13-7-4-8-14-22/h3-17,19-20H,18H2,1-2H3,(H,32,33,34)/t19-,20-/m1/s1. The number of nitrogens with zero attached hydrogens (tertiary/aromatic N) is 2. The Labute approximate surface area is 224 Å². The second-order valence-corrected chi connectivity index (χ2v) is 10.6. The van der Waals surface area contributed by atoms with E-state index in [1.54, 1.807) is 44.2 Å². The molecule has 39 heavy (non-hydrogen) atoms. The molecule has 2 atom stereocenters. The SMILES string of the molecule is C[C@@H](OCc1ccccc1)[C@@H](C)Oc1nc(Nc2ccccc2S(=O)(=O)c2ccccc2)ncc1C(F)(F)F. The summed E-state index contributed by atoms with van der Waals surface area (Å²) in [5, 5.41) is 2.74. The molecule has 0 unspecified atom stereocenters. The van der Waals surface area contributed by atoms with Crippen LogP contribution in [0.4, 0.5) is 24.8 Å². The summed E-state index contributed by atoms with van der Waals surface area (Å²) in [5.41, 5.74) is -0.162. The van der Waals surface area contributed by atoms with Crippen molar-refractivity contribution in [3.63, 3.8) is 0 Å². The lowest BCUT2D eigenvalue weighted by Gasteiger charge is -2.23. The van der Waals surface area contributed by atoms with Gasteiger partial charge in [-0.25, -0.2) is 13.4 Å². The molecule has 0 saturated heterocycles. The first-order valence-corrected chi connectivity index (χ1v) is 13.5. The molecule has 1 aromatic heterocycles. The van der Waals surface area contributed by atoms with Crippen LogP contribution in [-0.2, 0) is 27.4 Å². The zero-order chi connectivity index (χ0) is 28.0. The molecular weight excluding hydrogens is 531 g/mol. The molecule has 4 rings (SSSR count). The van der Waals surface area contributed by atoms with Crippen LogP contribution < -0.4 is 10.1 Å². The number of ether oxygens (including phenoxy) is 2. The fraction of sp³-hybridized carbons (Fsp3) is 0.214. The second kappa shape index (κ2) is 11.8. The summed E-state index contributed by atoms with van der Waals surface area (Å²) in [6.45, 7) is 3.52. The molecule has 11 heteroatoms. The van der Waals surface area contributed by atoms with Gasteiger partial charge in [-0.3, -0.25) is 0 Å². The van der Waals surface area contributed by atoms with Gasteiger partial charge in [0.25, 0.3) is 0 Å². The minimum Gasteiger partial charge on any atom is -0.471 e. The number of aromatic nitrogens is 2. The van der Waals surface area contributed by atoms with Gasteiger partial charge in [0, 0.05) is 6.20 Å². The van der Waals surface area contributed by atoms with Gasteiger partial charge in [-0.2, -0.15) is 18.2 Å². The van der Waals surface area contributed by atoms with Gasteiger partial charge in [0.1, 0.15) is 11.7 Å². The fourth-order valence-electron chi connectivity index (χ4n) is 3.57. The van der Waals surface area contributed by atoms with E-state index in [1.165, 1.54) is 24.3 Å². The highest BCUT2D eigenvalue weighted by Crippen LogP contribution is 2.36. The summed E-state index contributed by atoms with van der Waals surface area (Å²) in [7, 11) is -3.94. The van der Waals surface area contributed by atoms with E-state index < -0.39 is 39.7 Å². The Kier molecular flexibility index (Phi) is 8.51. The van der Waals surface area contributed by atoms with Crippen molar-refractivity contribution in [3.8, 4) is 5.88 Å². The first-order valence-electron chi connectivity index (χ1n) is 12.0. The van der Waals surface area contributed by atoms with Crippen molar-refractivity contribution in [3.05, 3.63) is 102 Å². The minimum absolute atomic E-state index is 0.0647. The summed E-state index contributed by atoms with van der Waals surface area (Å²) in [5.74, 6) is -0.968. The number of nitrogens with one attached hydrogen (secondary N) is 1. The van der Waals surface area contributed by atoms with E-state index in [9.17, 15) is 21.6 Å². The van der Waals surface area contributed by atoms with Gasteiger partial charge < -0.3 is 14.8 Å². The van der Waals surface area contributed by atoms with Crippen LogP contribution in [0.3, 0.4) is 0 Å². The van der Waals surface area contributed by atoms with Gasteiger partial charge in [0.15, 0.2) is 0 Å². The van der Waals surface area contributed by atoms with E-state index in [4.69, 9.17) is 9.47 Å². The molecule has 0 aliphatic carbocycles. The Bertz CT molecular complexity index is 1500. The molecule has 0 spiro atoms. The first-order chi connectivity index (χ1) is 18.6. The summed E-state index contributed by atoms with van der Waals surface area (Å²) >= 11 is 0. The lowest BCUT2D eigenvalue weighted by Crippen LogP contribution is -2.30. The van der Waals surface area contributed by atoms with Crippen LogP contribution >= 0.6 is 0 Å². The number of hydrogen-bond acceptors (Lipinski definition) is 7. The van der Waals surface area contributed by atoms with E-state index in [1.807, 2.05) is 30.3 Å². The summed E-state index contributed by atoms with van der Waals surface area (Å²) in [6, 6.07) is 23.1. The molecule has 0 radical (unpaired) electrons. The van der Waals surface area contributed by atoms with Crippen LogP contribution in [0.25, 0.3) is 0 Å². The lowest BCUT2D eigenvalue weighted by molar-refractivity contribution is -0.140. The van der Waals surface area contributed by atoms with Gasteiger partial charge >= 0.3 is 6.18 Å². The monoisotopic (exact) mass is 557 g/mol. The van der Waals surface area contributed by atoms with E-state index in [-0.39, 0.29) is 28.0 Å². The molecule has 0 saturated carbocycles. The maximum Gasteiger partial charge on any atom is 0.423 e. The predicted molar refractivity (Wildman–Crippen MR) is 139 cm³/mol. The highest BCUT2D eigenvalue weighted by atomic mass is 32.2. The van der Waals surface area contributed by atoms with Crippen molar-refractivity contribution in [1.82, 2.24) is 9.97 Å². The molecule has 1 N–H and O–H groups in total. The maximum atomic E-state index is 13.7. The quantitative estimate of drug-likeness (QED) is 0.240. The molecule has 0 amide bonds. The Balaban J connectivity index is 1.59. The Morgan fingerprint density at radius 3 is 2.15 bits per heavy atom.